The number of aliphatic hydroxyl groups excluding tert-OH is 1. The van der Waals surface area contributed by atoms with E-state index in [9.17, 15) is 9.90 Å². The Bertz CT molecular complexity index is 375. The number of nitrogens with zero attached hydrogens (tertiary/aromatic N) is 2. The van der Waals surface area contributed by atoms with Crippen LogP contribution in [0.3, 0.4) is 0 Å². The second kappa shape index (κ2) is 4.65. The van der Waals surface area contributed by atoms with Gasteiger partial charge in [-0.05, 0) is 12.8 Å². The number of amides is 1. The van der Waals surface area contributed by atoms with Crippen molar-refractivity contribution < 1.29 is 9.90 Å². The summed E-state index contributed by atoms with van der Waals surface area (Å²) in [5.41, 5.74) is 0.565. The molecule has 1 aromatic heterocycles. The lowest BCUT2D eigenvalue weighted by molar-refractivity contribution is 0.0916. The summed E-state index contributed by atoms with van der Waals surface area (Å²) in [6.45, 7) is 0.550. The predicted molar refractivity (Wildman–Crippen MR) is 58.9 cm³/mol. The Morgan fingerprint density at radius 2 is 2.50 bits per heavy atom. The average Bonchev–Trinajstić information content (AvgIpc) is 2.84. The van der Waals surface area contributed by atoms with Crippen molar-refractivity contribution in [2.24, 2.45) is 13.0 Å². The number of carbonyl (C=O) groups excluding carboxylic acids is 1. The molecular formula is C11H17N3O2. The maximum Gasteiger partial charge on any atom is 0.254 e. The van der Waals surface area contributed by atoms with Crippen molar-refractivity contribution in [3.63, 3.8) is 0 Å². The first-order valence-electron chi connectivity index (χ1n) is 5.61. The van der Waals surface area contributed by atoms with Crippen LogP contribution in [0.2, 0.25) is 0 Å². The van der Waals surface area contributed by atoms with Crippen LogP contribution >= 0.6 is 0 Å². The van der Waals surface area contributed by atoms with Gasteiger partial charge in [-0.2, -0.15) is 5.10 Å². The van der Waals surface area contributed by atoms with Crippen molar-refractivity contribution in [2.75, 3.05) is 6.54 Å². The van der Waals surface area contributed by atoms with Crippen LogP contribution in [0, 0.1) is 5.92 Å². The molecule has 2 rings (SSSR count). The number of rotatable bonds is 3. The second-order valence-electron chi connectivity index (χ2n) is 4.37. The topological polar surface area (TPSA) is 67.2 Å². The molecule has 5 heteroatoms. The molecule has 0 aliphatic heterocycles. The summed E-state index contributed by atoms with van der Waals surface area (Å²) in [6.07, 6.45) is 5.87. The molecule has 1 aliphatic carbocycles. The smallest absolute Gasteiger partial charge is 0.254 e. The van der Waals surface area contributed by atoms with E-state index < -0.39 is 0 Å². The van der Waals surface area contributed by atoms with Gasteiger partial charge in [0.15, 0.2) is 0 Å². The molecule has 2 unspecified atom stereocenters. The first-order valence-corrected chi connectivity index (χ1v) is 5.61. The molecule has 1 fully saturated rings. The molecule has 1 aromatic rings. The minimum Gasteiger partial charge on any atom is -0.393 e. The van der Waals surface area contributed by atoms with Gasteiger partial charge in [-0.15, -0.1) is 0 Å². The molecule has 0 saturated heterocycles. The number of hydrogen-bond donors (Lipinski definition) is 2. The van der Waals surface area contributed by atoms with E-state index in [-0.39, 0.29) is 17.9 Å². The lowest BCUT2D eigenvalue weighted by Gasteiger charge is -2.14. The van der Waals surface area contributed by atoms with Gasteiger partial charge in [-0.3, -0.25) is 9.48 Å². The fourth-order valence-corrected chi connectivity index (χ4v) is 2.12. The standard InChI is InChI=1S/C11H17N3O2/c1-14-7-9(6-13-14)11(16)12-5-8-3-2-4-10(8)15/h6-8,10,15H,2-5H2,1H3,(H,12,16). The van der Waals surface area contributed by atoms with E-state index in [0.717, 1.165) is 19.3 Å². The monoisotopic (exact) mass is 223 g/mol. The highest BCUT2D eigenvalue weighted by atomic mass is 16.3. The normalized spacial score (nSPS) is 24.6. The average molecular weight is 223 g/mol. The minimum atomic E-state index is -0.255. The highest BCUT2D eigenvalue weighted by Crippen LogP contribution is 2.24. The van der Waals surface area contributed by atoms with Crippen LogP contribution in [-0.2, 0) is 7.05 Å². The summed E-state index contributed by atoms with van der Waals surface area (Å²) >= 11 is 0. The van der Waals surface area contributed by atoms with Gasteiger partial charge in [0.05, 0.1) is 17.9 Å². The second-order valence-corrected chi connectivity index (χ2v) is 4.37. The molecular weight excluding hydrogens is 206 g/mol. The van der Waals surface area contributed by atoms with Gasteiger partial charge in [-0.25, -0.2) is 0 Å². The van der Waals surface area contributed by atoms with E-state index in [1.807, 2.05) is 0 Å². The Morgan fingerprint density at radius 3 is 3.06 bits per heavy atom. The van der Waals surface area contributed by atoms with Gasteiger partial charge in [0.2, 0.25) is 0 Å². The van der Waals surface area contributed by atoms with E-state index in [4.69, 9.17) is 0 Å². The van der Waals surface area contributed by atoms with E-state index in [2.05, 4.69) is 10.4 Å². The summed E-state index contributed by atoms with van der Waals surface area (Å²) in [5, 5.41) is 16.4. The first-order chi connectivity index (χ1) is 7.66. The third-order valence-electron chi connectivity index (χ3n) is 3.11. The van der Waals surface area contributed by atoms with E-state index >= 15 is 0 Å². The molecule has 88 valence electrons. The van der Waals surface area contributed by atoms with Crippen molar-refractivity contribution in [1.29, 1.82) is 0 Å². The molecule has 5 nitrogen and oxygen atoms in total. The molecule has 0 radical (unpaired) electrons. The zero-order chi connectivity index (χ0) is 11.5. The van der Waals surface area contributed by atoms with Crippen molar-refractivity contribution >= 4 is 5.91 Å². The SMILES string of the molecule is Cn1cc(C(=O)NCC2CCCC2O)cn1. The van der Waals surface area contributed by atoms with Gasteiger partial charge in [0.25, 0.3) is 5.91 Å². The largest absolute Gasteiger partial charge is 0.393 e. The van der Waals surface area contributed by atoms with E-state index in [1.165, 1.54) is 0 Å². The molecule has 1 aliphatic rings. The number of carbonyl (C=O) groups is 1. The zero-order valence-electron chi connectivity index (χ0n) is 9.39. The molecule has 0 bridgehead atoms. The van der Waals surface area contributed by atoms with Crippen LogP contribution < -0.4 is 5.32 Å². The summed E-state index contributed by atoms with van der Waals surface area (Å²) in [7, 11) is 1.78. The van der Waals surface area contributed by atoms with Gasteiger partial charge >= 0.3 is 0 Å². The number of aromatic nitrogens is 2. The van der Waals surface area contributed by atoms with Crippen LogP contribution in [0.1, 0.15) is 29.6 Å². The van der Waals surface area contributed by atoms with Gasteiger partial charge in [0, 0.05) is 25.7 Å². The van der Waals surface area contributed by atoms with Gasteiger partial charge in [-0.1, -0.05) is 6.42 Å². The highest BCUT2D eigenvalue weighted by molar-refractivity contribution is 5.93. The molecule has 0 spiro atoms. The van der Waals surface area contributed by atoms with Crippen LogP contribution in [0.15, 0.2) is 12.4 Å². The summed E-state index contributed by atoms with van der Waals surface area (Å²) in [5.74, 6) is 0.0906. The Hall–Kier alpha value is -1.36. The zero-order valence-corrected chi connectivity index (χ0v) is 9.39. The van der Waals surface area contributed by atoms with Crippen molar-refractivity contribution in [1.82, 2.24) is 15.1 Å². The summed E-state index contributed by atoms with van der Waals surface area (Å²) in [6, 6.07) is 0. The van der Waals surface area contributed by atoms with Crippen LogP contribution in [0.4, 0.5) is 0 Å². The van der Waals surface area contributed by atoms with E-state index in [1.54, 1.807) is 24.1 Å². The van der Waals surface area contributed by atoms with Crippen molar-refractivity contribution in [3.8, 4) is 0 Å². The summed E-state index contributed by atoms with van der Waals surface area (Å²) < 4.78 is 1.60. The summed E-state index contributed by atoms with van der Waals surface area (Å²) in [4.78, 5) is 11.7. The molecule has 2 atom stereocenters. The van der Waals surface area contributed by atoms with Gasteiger partial charge in [0.1, 0.15) is 0 Å². The molecule has 1 saturated carbocycles. The number of hydrogen-bond acceptors (Lipinski definition) is 3. The third-order valence-corrected chi connectivity index (χ3v) is 3.11. The minimum absolute atomic E-state index is 0.118. The highest BCUT2D eigenvalue weighted by Gasteiger charge is 2.25. The maximum absolute atomic E-state index is 11.7. The lowest BCUT2D eigenvalue weighted by atomic mass is 10.1. The Balaban J connectivity index is 1.84. The first kappa shape index (κ1) is 11.1. The van der Waals surface area contributed by atoms with Crippen molar-refractivity contribution in [2.45, 2.75) is 25.4 Å². The Kier molecular flexibility index (Phi) is 3.24. The van der Waals surface area contributed by atoms with E-state index in [0.29, 0.717) is 12.1 Å². The van der Waals surface area contributed by atoms with Crippen LogP contribution in [0.5, 0.6) is 0 Å². The quantitative estimate of drug-likeness (QED) is 0.775. The fraction of sp³-hybridized carbons (Fsp3) is 0.636. The van der Waals surface area contributed by atoms with Crippen LogP contribution in [-0.4, -0.2) is 33.4 Å². The molecule has 2 N–H and O–H groups in total. The number of aliphatic hydroxyl groups is 1. The fourth-order valence-electron chi connectivity index (χ4n) is 2.12. The van der Waals surface area contributed by atoms with Crippen LogP contribution in [0.25, 0.3) is 0 Å². The molecule has 1 heterocycles. The molecule has 1 amide bonds. The Labute approximate surface area is 94.5 Å². The maximum atomic E-state index is 11.7. The Morgan fingerprint density at radius 1 is 1.69 bits per heavy atom. The third kappa shape index (κ3) is 2.41. The van der Waals surface area contributed by atoms with Crippen molar-refractivity contribution in [3.05, 3.63) is 18.0 Å². The molecule has 16 heavy (non-hydrogen) atoms. The number of nitrogens with one attached hydrogen (secondary N) is 1. The lowest BCUT2D eigenvalue weighted by Crippen LogP contribution is -2.32. The molecule has 0 aromatic carbocycles. The number of aryl methyl sites for hydroxylation is 1. The predicted octanol–water partition coefficient (Wildman–Crippen LogP) is 0.311. The van der Waals surface area contributed by atoms with Gasteiger partial charge < -0.3 is 10.4 Å².